The van der Waals surface area contributed by atoms with Gasteiger partial charge in [-0.15, -0.1) is 0 Å². The molecule has 0 spiro atoms. The summed E-state index contributed by atoms with van der Waals surface area (Å²) in [6, 6.07) is 15.4. The molecule has 7 nitrogen and oxygen atoms in total. The van der Waals surface area contributed by atoms with Gasteiger partial charge in [-0.3, -0.25) is 15.0 Å². The van der Waals surface area contributed by atoms with Crippen molar-refractivity contribution in [1.29, 1.82) is 0 Å². The van der Waals surface area contributed by atoms with E-state index in [0.717, 1.165) is 5.56 Å². The number of ether oxygens (including phenoxy) is 1. The summed E-state index contributed by atoms with van der Waals surface area (Å²) in [5, 5.41) is 21.2. The van der Waals surface area contributed by atoms with Crippen LogP contribution in [0.15, 0.2) is 60.7 Å². The van der Waals surface area contributed by atoms with Gasteiger partial charge in [0.2, 0.25) is 0 Å². The smallest absolute Gasteiger partial charge is 0.412 e. The lowest BCUT2D eigenvalue weighted by Crippen LogP contribution is -2.42. The first-order valence-electron chi connectivity index (χ1n) is 8.14. The van der Waals surface area contributed by atoms with E-state index in [1.54, 1.807) is 18.2 Å². The third kappa shape index (κ3) is 4.07. The van der Waals surface area contributed by atoms with Gasteiger partial charge in [0.1, 0.15) is 6.61 Å². The van der Waals surface area contributed by atoms with Gasteiger partial charge in [0, 0.05) is 12.1 Å². The average molecular weight is 354 g/mol. The van der Waals surface area contributed by atoms with Crippen LogP contribution in [-0.2, 0) is 11.2 Å². The van der Waals surface area contributed by atoms with Crippen LogP contribution in [0.3, 0.4) is 0 Å². The molecule has 0 aromatic heterocycles. The zero-order valence-electron chi connectivity index (χ0n) is 13.9. The number of benzene rings is 2. The highest BCUT2D eigenvalue weighted by Gasteiger charge is 2.36. The number of nitro benzene ring substituents is 1. The lowest BCUT2D eigenvalue weighted by Gasteiger charge is -2.24. The van der Waals surface area contributed by atoms with Gasteiger partial charge < -0.3 is 9.84 Å². The van der Waals surface area contributed by atoms with E-state index in [2.05, 4.69) is 0 Å². The Morgan fingerprint density at radius 1 is 1.27 bits per heavy atom. The Morgan fingerprint density at radius 2 is 2.04 bits per heavy atom. The first kappa shape index (κ1) is 17.6. The molecule has 0 saturated carbocycles. The number of hydrogen-bond donors (Lipinski definition) is 1. The highest BCUT2D eigenvalue weighted by molar-refractivity contribution is 5.71. The molecule has 0 bridgehead atoms. The van der Waals surface area contributed by atoms with E-state index in [9.17, 15) is 20.0 Å². The van der Waals surface area contributed by atoms with Gasteiger partial charge in [-0.1, -0.05) is 48.5 Å². The second-order valence-electron chi connectivity index (χ2n) is 5.95. The Kier molecular flexibility index (Phi) is 5.28. The largest absolute Gasteiger partial charge is 0.447 e. The van der Waals surface area contributed by atoms with Crippen molar-refractivity contribution in [3.8, 4) is 0 Å². The highest BCUT2D eigenvalue weighted by Crippen LogP contribution is 2.21. The SMILES string of the molecule is O=C1OC[C@@H](Cc2ccccc2)N1C(O)/C=C/c1cccc([N+](=O)[O-])c1. The fourth-order valence-electron chi connectivity index (χ4n) is 2.87. The number of cyclic esters (lactones) is 1. The molecule has 7 heteroatoms. The molecule has 1 amide bonds. The highest BCUT2D eigenvalue weighted by atomic mass is 16.6. The maximum Gasteiger partial charge on any atom is 0.412 e. The van der Waals surface area contributed by atoms with Crippen molar-refractivity contribution in [2.75, 3.05) is 6.61 Å². The molecule has 0 aliphatic carbocycles. The van der Waals surface area contributed by atoms with Crippen molar-refractivity contribution in [3.05, 3.63) is 81.9 Å². The lowest BCUT2D eigenvalue weighted by molar-refractivity contribution is -0.384. The Morgan fingerprint density at radius 3 is 2.77 bits per heavy atom. The number of hydrogen-bond acceptors (Lipinski definition) is 5. The minimum atomic E-state index is -1.18. The summed E-state index contributed by atoms with van der Waals surface area (Å²) in [5.74, 6) is 0. The fraction of sp³-hybridized carbons (Fsp3) is 0.211. The number of rotatable bonds is 6. The number of nitro groups is 1. The normalized spacial score (nSPS) is 18.1. The van der Waals surface area contributed by atoms with Gasteiger partial charge in [-0.25, -0.2) is 4.79 Å². The number of carbonyl (C=O) groups excluding carboxylic acids is 1. The Hall–Kier alpha value is -3.19. The molecule has 1 saturated heterocycles. The van der Waals surface area contributed by atoms with Crippen molar-refractivity contribution < 1.29 is 19.6 Å². The van der Waals surface area contributed by atoms with Crippen LogP contribution in [0.5, 0.6) is 0 Å². The predicted molar refractivity (Wildman–Crippen MR) is 95.3 cm³/mol. The minimum absolute atomic E-state index is 0.0378. The third-order valence-electron chi connectivity index (χ3n) is 4.14. The van der Waals surface area contributed by atoms with Gasteiger partial charge in [-0.2, -0.15) is 0 Å². The number of aliphatic hydroxyl groups is 1. The molecule has 2 aromatic rings. The van der Waals surface area contributed by atoms with Crippen LogP contribution in [0.25, 0.3) is 6.08 Å². The maximum absolute atomic E-state index is 12.0. The van der Waals surface area contributed by atoms with Gasteiger partial charge in [-0.05, 0) is 23.6 Å². The molecular formula is C19H18N2O5. The van der Waals surface area contributed by atoms with Crippen LogP contribution in [0.2, 0.25) is 0 Å². The average Bonchev–Trinajstić information content (AvgIpc) is 3.01. The van der Waals surface area contributed by atoms with E-state index in [-0.39, 0.29) is 18.3 Å². The van der Waals surface area contributed by atoms with Crippen LogP contribution < -0.4 is 0 Å². The molecule has 0 radical (unpaired) electrons. The van der Waals surface area contributed by atoms with E-state index >= 15 is 0 Å². The summed E-state index contributed by atoms with van der Waals surface area (Å²) in [6.45, 7) is 0.204. The molecule has 1 aliphatic heterocycles. The molecule has 2 atom stereocenters. The quantitative estimate of drug-likeness (QED) is 0.636. The zero-order valence-corrected chi connectivity index (χ0v) is 13.9. The lowest BCUT2D eigenvalue weighted by atomic mass is 10.1. The van der Waals surface area contributed by atoms with E-state index in [0.29, 0.717) is 12.0 Å². The fourth-order valence-corrected chi connectivity index (χ4v) is 2.87. The molecule has 1 N–H and O–H groups in total. The minimum Gasteiger partial charge on any atom is -0.447 e. The van der Waals surface area contributed by atoms with Crippen LogP contribution in [0, 0.1) is 10.1 Å². The summed E-state index contributed by atoms with van der Waals surface area (Å²) in [5.41, 5.74) is 1.56. The van der Waals surface area contributed by atoms with Gasteiger partial charge in [0.05, 0.1) is 11.0 Å². The van der Waals surface area contributed by atoms with Gasteiger partial charge in [0.15, 0.2) is 6.23 Å². The second-order valence-corrected chi connectivity index (χ2v) is 5.95. The Balaban J connectivity index is 1.72. The van der Waals surface area contributed by atoms with Crippen LogP contribution in [0.1, 0.15) is 11.1 Å². The van der Waals surface area contributed by atoms with Gasteiger partial charge in [0.25, 0.3) is 5.69 Å². The van der Waals surface area contributed by atoms with Crippen molar-refractivity contribution in [1.82, 2.24) is 4.90 Å². The molecule has 1 fully saturated rings. The maximum atomic E-state index is 12.0. The molecule has 2 aromatic carbocycles. The standard InChI is InChI=1S/C19H18N2O5/c22-18(10-9-15-7-4-8-16(11-15)21(24)25)20-17(13-26-19(20)23)12-14-5-2-1-3-6-14/h1-11,17-18,22H,12-13H2/b10-9+/t17-,18?/m1/s1. The van der Waals surface area contributed by atoms with Crippen LogP contribution >= 0.6 is 0 Å². The first-order chi connectivity index (χ1) is 12.5. The van der Waals surface area contributed by atoms with Crippen molar-refractivity contribution in [2.45, 2.75) is 18.7 Å². The predicted octanol–water partition coefficient (Wildman–Crippen LogP) is 2.99. The molecule has 134 valence electrons. The number of nitrogens with zero attached hydrogens (tertiary/aromatic N) is 2. The first-order valence-corrected chi connectivity index (χ1v) is 8.14. The summed E-state index contributed by atoms with van der Waals surface area (Å²) < 4.78 is 5.08. The Labute approximate surface area is 150 Å². The number of non-ortho nitro benzene ring substituents is 1. The zero-order chi connectivity index (χ0) is 18.5. The van der Waals surface area contributed by atoms with Crippen LogP contribution in [0.4, 0.5) is 10.5 Å². The van der Waals surface area contributed by atoms with Crippen LogP contribution in [-0.4, -0.2) is 39.9 Å². The van der Waals surface area contributed by atoms with E-state index < -0.39 is 17.2 Å². The summed E-state index contributed by atoms with van der Waals surface area (Å²) >= 11 is 0. The molecule has 26 heavy (non-hydrogen) atoms. The van der Waals surface area contributed by atoms with E-state index in [4.69, 9.17) is 4.74 Å². The summed E-state index contributed by atoms with van der Waals surface area (Å²) in [7, 11) is 0. The van der Waals surface area contributed by atoms with Gasteiger partial charge >= 0.3 is 6.09 Å². The third-order valence-corrected chi connectivity index (χ3v) is 4.14. The monoisotopic (exact) mass is 354 g/mol. The molecule has 3 rings (SSSR count). The van der Waals surface area contributed by atoms with E-state index in [1.807, 2.05) is 30.3 Å². The topological polar surface area (TPSA) is 92.9 Å². The van der Waals surface area contributed by atoms with Crippen molar-refractivity contribution in [3.63, 3.8) is 0 Å². The number of amides is 1. The number of aliphatic hydroxyl groups excluding tert-OH is 1. The van der Waals surface area contributed by atoms with E-state index in [1.165, 1.54) is 23.1 Å². The summed E-state index contributed by atoms with van der Waals surface area (Å²) in [6.07, 6.45) is 1.76. The molecule has 1 unspecified atom stereocenters. The second kappa shape index (κ2) is 7.79. The van der Waals surface area contributed by atoms with Crippen molar-refractivity contribution in [2.24, 2.45) is 0 Å². The van der Waals surface area contributed by atoms with Crippen molar-refractivity contribution >= 4 is 17.9 Å². The number of carbonyl (C=O) groups is 1. The summed E-state index contributed by atoms with van der Waals surface area (Å²) in [4.78, 5) is 23.6. The molecule has 1 heterocycles. The molecular weight excluding hydrogens is 336 g/mol. The Bertz CT molecular complexity index is 822. The molecule has 1 aliphatic rings.